The Hall–Kier alpha value is -1.66. The molecule has 2 rings (SSSR count). The van der Waals surface area contributed by atoms with Crippen molar-refractivity contribution in [3.63, 3.8) is 0 Å². The van der Waals surface area contributed by atoms with Crippen molar-refractivity contribution >= 4 is 9.84 Å². The molecule has 5 nitrogen and oxygen atoms in total. The van der Waals surface area contributed by atoms with E-state index in [2.05, 4.69) is 5.16 Å². The molecular formula is C12H14N2O3S. The molecule has 0 aliphatic rings. The van der Waals surface area contributed by atoms with E-state index in [0.29, 0.717) is 22.9 Å². The molecule has 0 spiro atoms. The van der Waals surface area contributed by atoms with Crippen LogP contribution >= 0.6 is 0 Å². The topological polar surface area (TPSA) is 86.2 Å². The fourth-order valence-corrected chi connectivity index (χ4v) is 2.42. The van der Waals surface area contributed by atoms with Gasteiger partial charge in [0.05, 0.1) is 16.3 Å². The van der Waals surface area contributed by atoms with E-state index in [9.17, 15) is 8.42 Å². The fraction of sp³-hybridized carbons (Fsp3) is 0.250. The van der Waals surface area contributed by atoms with Gasteiger partial charge in [0.1, 0.15) is 0 Å². The van der Waals surface area contributed by atoms with E-state index in [-0.39, 0.29) is 5.75 Å². The van der Waals surface area contributed by atoms with Crippen molar-refractivity contribution in [2.45, 2.75) is 18.4 Å². The molecule has 96 valence electrons. The molecule has 0 aliphatic heterocycles. The zero-order chi connectivity index (χ0) is 13.2. The van der Waals surface area contributed by atoms with Crippen LogP contribution in [0.25, 0.3) is 11.3 Å². The molecule has 0 saturated carbocycles. The zero-order valence-corrected chi connectivity index (χ0v) is 10.8. The van der Waals surface area contributed by atoms with Crippen LogP contribution in [-0.2, 0) is 16.4 Å². The van der Waals surface area contributed by atoms with E-state index < -0.39 is 9.84 Å². The molecule has 18 heavy (non-hydrogen) atoms. The summed E-state index contributed by atoms with van der Waals surface area (Å²) in [6.45, 7) is 1.93. The van der Waals surface area contributed by atoms with E-state index in [1.807, 2.05) is 0 Å². The van der Waals surface area contributed by atoms with Crippen LogP contribution in [-0.4, -0.2) is 19.3 Å². The van der Waals surface area contributed by atoms with E-state index >= 15 is 0 Å². The van der Waals surface area contributed by atoms with Gasteiger partial charge >= 0.3 is 0 Å². The summed E-state index contributed by atoms with van der Waals surface area (Å²) in [4.78, 5) is 0.312. The maximum Gasteiger partial charge on any atom is 0.178 e. The van der Waals surface area contributed by atoms with Gasteiger partial charge in [-0.25, -0.2) is 8.42 Å². The Bertz CT molecular complexity index is 630. The Morgan fingerprint density at radius 2 is 1.94 bits per heavy atom. The lowest BCUT2D eigenvalue weighted by molar-refractivity contribution is 0.424. The fourth-order valence-electron chi connectivity index (χ4n) is 1.54. The average molecular weight is 266 g/mol. The molecule has 0 amide bonds. The number of hydrogen-bond donors (Lipinski definition) is 1. The molecule has 0 unspecified atom stereocenters. The third-order valence-corrected chi connectivity index (χ3v) is 4.40. The lowest BCUT2D eigenvalue weighted by atomic mass is 10.1. The van der Waals surface area contributed by atoms with E-state index in [0.717, 1.165) is 5.56 Å². The lowest BCUT2D eigenvalue weighted by Crippen LogP contribution is -2.02. The third-order valence-electron chi connectivity index (χ3n) is 2.65. The second-order valence-corrected chi connectivity index (χ2v) is 6.09. The van der Waals surface area contributed by atoms with E-state index in [4.69, 9.17) is 10.3 Å². The zero-order valence-electron chi connectivity index (χ0n) is 9.96. The van der Waals surface area contributed by atoms with Gasteiger partial charge in [-0.3, -0.25) is 0 Å². The molecule has 0 aliphatic carbocycles. The minimum absolute atomic E-state index is 0.0893. The van der Waals surface area contributed by atoms with Gasteiger partial charge in [0.2, 0.25) is 0 Å². The summed E-state index contributed by atoms with van der Waals surface area (Å²) < 4.78 is 28.4. The second kappa shape index (κ2) is 4.91. The quantitative estimate of drug-likeness (QED) is 0.908. The number of nitrogens with zero attached hydrogens (tertiary/aromatic N) is 1. The van der Waals surface area contributed by atoms with Crippen molar-refractivity contribution in [3.8, 4) is 11.3 Å². The van der Waals surface area contributed by atoms with Crippen LogP contribution in [0.15, 0.2) is 39.8 Å². The molecule has 2 aromatic rings. The molecule has 0 saturated heterocycles. The number of hydrogen-bond acceptors (Lipinski definition) is 5. The first-order valence-corrected chi connectivity index (χ1v) is 7.21. The highest BCUT2D eigenvalue weighted by Gasteiger charge is 2.12. The maximum atomic E-state index is 11.6. The first kappa shape index (κ1) is 12.8. The smallest absolute Gasteiger partial charge is 0.178 e. The molecular weight excluding hydrogens is 252 g/mol. The molecule has 0 bridgehead atoms. The minimum Gasteiger partial charge on any atom is -0.356 e. The summed E-state index contributed by atoms with van der Waals surface area (Å²) >= 11 is 0. The standard InChI is InChI=1S/C12H14N2O3S/c1-2-18(15,16)11-5-3-9(4-6-11)12-7-10(8-13)14-17-12/h3-7H,2,8,13H2,1H3. The number of aromatic nitrogens is 1. The van der Waals surface area contributed by atoms with Crippen molar-refractivity contribution in [2.24, 2.45) is 5.73 Å². The largest absolute Gasteiger partial charge is 0.356 e. The highest BCUT2D eigenvalue weighted by atomic mass is 32.2. The summed E-state index contributed by atoms with van der Waals surface area (Å²) in [5.74, 6) is 0.669. The Kier molecular flexibility index (Phi) is 3.49. The Labute approximate surface area is 106 Å². The van der Waals surface area contributed by atoms with Crippen LogP contribution in [0.2, 0.25) is 0 Å². The molecule has 0 fully saturated rings. The summed E-state index contributed by atoms with van der Waals surface area (Å²) in [5, 5.41) is 3.78. The Morgan fingerprint density at radius 1 is 1.28 bits per heavy atom. The Balaban J connectivity index is 2.33. The van der Waals surface area contributed by atoms with Gasteiger partial charge in [-0.1, -0.05) is 12.1 Å². The average Bonchev–Trinajstić information content (AvgIpc) is 2.87. The lowest BCUT2D eigenvalue weighted by Gasteiger charge is -2.01. The van der Waals surface area contributed by atoms with Gasteiger partial charge in [0, 0.05) is 18.2 Å². The van der Waals surface area contributed by atoms with E-state index in [1.54, 1.807) is 37.3 Å². The first-order chi connectivity index (χ1) is 8.56. The van der Waals surface area contributed by atoms with Crippen molar-refractivity contribution in [1.82, 2.24) is 5.16 Å². The minimum atomic E-state index is -3.16. The summed E-state index contributed by atoms with van der Waals surface area (Å²) in [7, 11) is -3.16. The van der Waals surface area contributed by atoms with Gasteiger partial charge in [-0.05, 0) is 24.3 Å². The molecule has 1 aromatic carbocycles. The molecule has 6 heteroatoms. The van der Waals surface area contributed by atoms with Crippen molar-refractivity contribution in [2.75, 3.05) is 5.75 Å². The number of benzene rings is 1. The van der Waals surface area contributed by atoms with Gasteiger partial charge in [-0.15, -0.1) is 0 Å². The molecule has 2 N–H and O–H groups in total. The van der Waals surface area contributed by atoms with Crippen LogP contribution in [0.5, 0.6) is 0 Å². The molecule has 0 radical (unpaired) electrons. The summed E-state index contributed by atoms with van der Waals surface area (Å²) in [6, 6.07) is 8.27. The molecule has 0 atom stereocenters. The molecule has 1 aromatic heterocycles. The van der Waals surface area contributed by atoms with Gasteiger partial charge in [-0.2, -0.15) is 0 Å². The SMILES string of the molecule is CCS(=O)(=O)c1ccc(-c2cc(CN)no2)cc1. The highest BCUT2D eigenvalue weighted by molar-refractivity contribution is 7.91. The normalized spacial score (nSPS) is 11.7. The van der Waals surface area contributed by atoms with Gasteiger partial charge < -0.3 is 10.3 Å². The maximum absolute atomic E-state index is 11.6. The second-order valence-electron chi connectivity index (χ2n) is 3.81. The number of sulfone groups is 1. The first-order valence-electron chi connectivity index (χ1n) is 5.55. The van der Waals surface area contributed by atoms with Crippen LogP contribution < -0.4 is 5.73 Å². The number of rotatable bonds is 4. The molecule has 1 heterocycles. The van der Waals surface area contributed by atoms with Gasteiger partial charge in [0.15, 0.2) is 15.6 Å². The van der Waals surface area contributed by atoms with Crippen LogP contribution in [0.3, 0.4) is 0 Å². The highest BCUT2D eigenvalue weighted by Crippen LogP contribution is 2.22. The van der Waals surface area contributed by atoms with Crippen molar-refractivity contribution in [1.29, 1.82) is 0 Å². The van der Waals surface area contributed by atoms with Crippen LogP contribution in [0.4, 0.5) is 0 Å². The van der Waals surface area contributed by atoms with Crippen LogP contribution in [0.1, 0.15) is 12.6 Å². The van der Waals surface area contributed by atoms with E-state index in [1.165, 1.54) is 0 Å². The Morgan fingerprint density at radius 3 is 2.44 bits per heavy atom. The van der Waals surface area contributed by atoms with Crippen LogP contribution in [0, 0.1) is 0 Å². The summed E-state index contributed by atoms with van der Waals surface area (Å²) in [6.07, 6.45) is 0. The predicted molar refractivity (Wildman–Crippen MR) is 67.6 cm³/mol. The van der Waals surface area contributed by atoms with Crippen molar-refractivity contribution in [3.05, 3.63) is 36.0 Å². The number of nitrogens with two attached hydrogens (primary N) is 1. The summed E-state index contributed by atoms with van der Waals surface area (Å²) in [5.41, 5.74) is 6.88. The van der Waals surface area contributed by atoms with Crippen molar-refractivity contribution < 1.29 is 12.9 Å². The van der Waals surface area contributed by atoms with Gasteiger partial charge in [0.25, 0.3) is 0 Å². The predicted octanol–water partition coefficient (Wildman–Crippen LogP) is 1.59. The third kappa shape index (κ3) is 2.44. The monoisotopic (exact) mass is 266 g/mol.